The fourth-order valence-electron chi connectivity index (χ4n) is 2.35. The molecule has 0 fully saturated rings. The summed E-state index contributed by atoms with van der Waals surface area (Å²) in [5.74, 6) is -1.20. The molecular formula is C17H19NO4S2. The lowest BCUT2D eigenvalue weighted by Crippen LogP contribution is -2.36. The van der Waals surface area contributed by atoms with Gasteiger partial charge >= 0.3 is 5.97 Å². The zero-order valence-corrected chi connectivity index (χ0v) is 15.1. The van der Waals surface area contributed by atoms with Gasteiger partial charge in [-0.05, 0) is 48.6 Å². The van der Waals surface area contributed by atoms with Gasteiger partial charge in [-0.2, -0.15) is 0 Å². The zero-order chi connectivity index (χ0) is 17.7. The van der Waals surface area contributed by atoms with Crippen LogP contribution in [0.3, 0.4) is 0 Å². The van der Waals surface area contributed by atoms with Gasteiger partial charge in [-0.25, -0.2) is 8.42 Å². The van der Waals surface area contributed by atoms with E-state index in [4.69, 9.17) is 0 Å². The highest BCUT2D eigenvalue weighted by Gasteiger charge is 2.28. The van der Waals surface area contributed by atoms with E-state index >= 15 is 0 Å². The third-order valence-electron chi connectivity index (χ3n) is 3.57. The molecule has 7 heteroatoms. The van der Waals surface area contributed by atoms with Gasteiger partial charge in [0.05, 0.1) is 10.6 Å². The third kappa shape index (κ3) is 3.91. The summed E-state index contributed by atoms with van der Waals surface area (Å²) in [6.07, 6.45) is 2.50. The average molecular weight is 365 g/mol. The number of carbonyl (C=O) groups is 1. The summed E-state index contributed by atoms with van der Waals surface area (Å²) in [4.78, 5) is 12.3. The van der Waals surface area contributed by atoms with Crippen molar-refractivity contribution in [2.75, 3.05) is 17.1 Å². The SMILES string of the molecule is CCc1ccccc1N(CC(=O)O)S(=O)(=O)c1ccc(SC)cc1. The maximum atomic E-state index is 13.0. The smallest absolute Gasteiger partial charge is 0.324 e. The molecule has 0 aromatic heterocycles. The zero-order valence-electron chi connectivity index (χ0n) is 13.5. The third-order valence-corrected chi connectivity index (χ3v) is 6.09. The Labute approximate surface area is 146 Å². The van der Waals surface area contributed by atoms with Crippen LogP contribution < -0.4 is 4.31 Å². The standard InChI is InChI=1S/C17H19NO4S2/c1-3-13-6-4-5-7-16(13)18(12-17(19)20)24(21,22)15-10-8-14(23-2)9-11-15/h4-11H,3,12H2,1-2H3,(H,19,20). The molecule has 0 spiro atoms. The largest absolute Gasteiger partial charge is 0.480 e. The van der Waals surface area contributed by atoms with Crippen LogP contribution in [0.5, 0.6) is 0 Å². The lowest BCUT2D eigenvalue weighted by molar-refractivity contribution is -0.135. The molecule has 0 radical (unpaired) electrons. The van der Waals surface area contributed by atoms with Crippen LogP contribution in [0.2, 0.25) is 0 Å². The van der Waals surface area contributed by atoms with Crippen molar-refractivity contribution in [3.05, 3.63) is 54.1 Å². The molecule has 0 amide bonds. The van der Waals surface area contributed by atoms with Gasteiger partial charge in [-0.15, -0.1) is 11.8 Å². The number of carboxylic acids is 1. The average Bonchev–Trinajstić information content (AvgIpc) is 2.59. The van der Waals surface area contributed by atoms with Gasteiger partial charge in [0, 0.05) is 4.90 Å². The van der Waals surface area contributed by atoms with Crippen molar-refractivity contribution in [1.29, 1.82) is 0 Å². The molecule has 0 saturated heterocycles. The van der Waals surface area contributed by atoms with E-state index in [2.05, 4.69) is 0 Å². The van der Waals surface area contributed by atoms with Crippen molar-refractivity contribution in [3.8, 4) is 0 Å². The first-order valence-corrected chi connectivity index (χ1v) is 10.0. The van der Waals surface area contributed by atoms with E-state index in [1.54, 1.807) is 36.4 Å². The molecule has 2 aromatic carbocycles. The first kappa shape index (κ1) is 18.4. The molecule has 0 unspecified atom stereocenters. The van der Waals surface area contributed by atoms with Crippen molar-refractivity contribution in [2.45, 2.75) is 23.1 Å². The molecule has 0 aliphatic carbocycles. The van der Waals surface area contributed by atoms with E-state index in [0.717, 1.165) is 14.8 Å². The molecule has 0 aliphatic rings. The molecule has 2 rings (SSSR count). The van der Waals surface area contributed by atoms with Crippen LogP contribution in [0, 0.1) is 0 Å². The van der Waals surface area contributed by atoms with Crippen LogP contribution in [0.15, 0.2) is 58.3 Å². The number of aryl methyl sites for hydroxylation is 1. The Hall–Kier alpha value is -1.99. The van der Waals surface area contributed by atoms with Crippen LogP contribution in [0.1, 0.15) is 12.5 Å². The fourth-order valence-corrected chi connectivity index (χ4v) is 4.21. The molecule has 0 atom stereocenters. The predicted molar refractivity (Wildman–Crippen MR) is 96.2 cm³/mol. The Morgan fingerprint density at radius 3 is 2.29 bits per heavy atom. The maximum Gasteiger partial charge on any atom is 0.324 e. The van der Waals surface area contributed by atoms with Crippen LogP contribution >= 0.6 is 11.8 Å². The highest BCUT2D eigenvalue weighted by molar-refractivity contribution is 7.98. The lowest BCUT2D eigenvalue weighted by atomic mass is 10.1. The monoisotopic (exact) mass is 365 g/mol. The first-order valence-electron chi connectivity index (χ1n) is 7.36. The highest BCUT2D eigenvalue weighted by Crippen LogP contribution is 2.28. The van der Waals surface area contributed by atoms with Crippen molar-refractivity contribution >= 4 is 33.4 Å². The number of rotatable bonds is 7. The number of para-hydroxylation sites is 1. The minimum Gasteiger partial charge on any atom is -0.480 e. The molecule has 5 nitrogen and oxygen atoms in total. The Bertz CT molecular complexity index is 817. The van der Waals surface area contributed by atoms with Gasteiger partial charge in [0.2, 0.25) is 0 Å². The summed E-state index contributed by atoms with van der Waals surface area (Å²) in [6, 6.07) is 13.4. The van der Waals surface area contributed by atoms with Crippen LogP contribution in [0.4, 0.5) is 5.69 Å². The first-order chi connectivity index (χ1) is 11.4. The van der Waals surface area contributed by atoms with Crippen molar-refractivity contribution in [2.24, 2.45) is 0 Å². The number of benzene rings is 2. The second kappa shape index (κ2) is 7.72. The number of aliphatic carboxylic acids is 1. The number of anilines is 1. The predicted octanol–water partition coefficient (Wildman–Crippen LogP) is 3.25. The molecule has 0 aliphatic heterocycles. The number of thioether (sulfide) groups is 1. The molecule has 0 heterocycles. The number of nitrogens with zero attached hydrogens (tertiary/aromatic N) is 1. The van der Waals surface area contributed by atoms with Crippen LogP contribution in [0.25, 0.3) is 0 Å². The van der Waals surface area contributed by atoms with Gasteiger partial charge < -0.3 is 5.11 Å². The van der Waals surface area contributed by atoms with E-state index in [1.807, 2.05) is 13.2 Å². The fraction of sp³-hybridized carbons (Fsp3) is 0.235. The minimum atomic E-state index is -3.96. The molecular weight excluding hydrogens is 346 g/mol. The van der Waals surface area contributed by atoms with Crippen molar-refractivity contribution in [3.63, 3.8) is 0 Å². The van der Waals surface area contributed by atoms with Gasteiger partial charge in [-0.3, -0.25) is 9.10 Å². The summed E-state index contributed by atoms with van der Waals surface area (Å²) in [7, 11) is -3.96. The summed E-state index contributed by atoms with van der Waals surface area (Å²) < 4.78 is 26.9. The quantitative estimate of drug-likeness (QED) is 0.763. The van der Waals surface area contributed by atoms with Crippen LogP contribution in [-0.2, 0) is 21.2 Å². The topological polar surface area (TPSA) is 74.7 Å². The Balaban J connectivity index is 2.55. The lowest BCUT2D eigenvalue weighted by Gasteiger charge is -2.25. The molecule has 24 heavy (non-hydrogen) atoms. The number of sulfonamides is 1. The molecule has 0 saturated carbocycles. The van der Waals surface area contributed by atoms with E-state index < -0.39 is 22.5 Å². The van der Waals surface area contributed by atoms with Gasteiger partial charge in [0.25, 0.3) is 10.0 Å². The van der Waals surface area contributed by atoms with Crippen LogP contribution in [-0.4, -0.2) is 32.3 Å². The summed E-state index contributed by atoms with van der Waals surface area (Å²) in [5, 5.41) is 9.19. The van der Waals surface area contributed by atoms with E-state index in [1.165, 1.54) is 23.9 Å². The van der Waals surface area contributed by atoms with Crippen molar-refractivity contribution < 1.29 is 18.3 Å². The van der Waals surface area contributed by atoms with E-state index in [0.29, 0.717) is 12.1 Å². The Morgan fingerprint density at radius 1 is 1.12 bits per heavy atom. The van der Waals surface area contributed by atoms with Gasteiger partial charge in [0.1, 0.15) is 6.54 Å². The summed E-state index contributed by atoms with van der Waals surface area (Å²) in [6.45, 7) is 1.28. The van der Waals surface area contributed by atoms with E-state index in [-0.39, 0.29) is 4.90 Å². The minimum absolute atomic E-state index is 0.0763. The summed E-state index contributed by atoms with van der Waals surface area (Å²) >= 11 is 1.51. The Kier molecular flexibility index (Phi) is 5.90. The van der Waals surface area contributed by atoms with Gasteiger partial charge in [0.15, 0.2) is 0 Å². The Morgan fingerprint density at radius 2 is 1.75 bits per heavy atom. The van der Waals surface area contributed by atoms with Gasteiger partial charge in [-0.1, -0.05) is 25.1 Å². The van der Waals surface area contributed by atoms with E-state index in [9.17, 15) is 18.3 Å². The number of hydrogen-bond donors (Lipinski definition) is 1. The molecule has 1 N–H and O–H groups in total. The molecule has 128 valence electrons. The second-order valence-electron chi connectivity index (χ2n) is 5.06. The number of carboxylic acid groups (broad SMARTS) is 1. The normalized spacial score (nSPS) is 11.2. The molecule has 2 aromatic rings. The highest BCUT2D eigenvalue weighted by atomic mass is 32.2. The summed E-state index contributed by atoms with van der Waals surface area (Å²) in [5.41, 5.74) is 1.18. The second-order valence-corrected chi connectivity index (χ2v) is 7.81. The maximum absolute atomic E-state index is 13.0. The number of hydrogen-bond acceptors (Lipinski definition) is 4. The molecule has 0 bridgehead atoms. The van der Waals surface area contributed by atoms with Crippen molar-refractivity contribution in [1.82, 2.24) is 0 Å².